The highest BCUT2D eigenvalue weighted by Gasteiger charge is 2.53. The van der Waals surface area contributed by atoms with E-state index >= 15 is 0 Å². The molecule has 1 unspecified atom stereocenters. The summed E-state index contributed by atoms with van der Waals surface area (Å²) in [4.78, 5) is 25.9. The second kappa shape index (κ2) is 7.73. The van der Waals surface area contributed by atoms with Crippen LogP contribution in [0.4, 0.5) is 0 Å². The first kappa shape index (κ1) is 20.4. The van der Waals surface area contributed by atoms with Crippen molar-refractivity contribution >= 4 is 21.8 Å². The molecule has 0 bridgehead atoms. The second-order valence-corrected chi connectivity index (χ2v) is 9.25. The van der Waals surface area contributed by atoms with Gasteiger partial charge < -0.3 is 10.0 Å². The quantitative estimate of drug-likeness (QED) is 0.590. The summed E-state index contributed by atoms with van der Waals surface area (Å²) in [7, 11) is -3.69. The first-order valence-corrected chi connectivity index (χ1v) is 11.4. The van der Waals surface area contributed by atoms with E-state index in [0.29, 0.717) is 35.6 Å². The molecule has 0 radical (unpaired) electrons. The van der Waals surface area contributed by atoms with E-state index in [1.165, 1.54) is 0 Å². The first-order chi connectivity index (χ1) is 14.3. The smallest absolute Gasteiger partial charge is 0.305 e. The minimum atomic E-state index is -3.69. The Morgan fingerprint density at radius 2 is 2.00 bits per heavy atom. The Hall–Kier alpha value is -2.91. The molecule has 8 nitrogen and oxygen atoms in total. The maximum atomic E-state index is 13.0. The van der Waals surface area contributed by atoms with Crippen molar-refractivity contribution in [2.45, 2.75) is 24.1 Å². The van der Waals surface area contributed by atoms with Crippen LogP contribution in [-0.4, -0.2) is 55.3 Å². The number of nitrogens with one attached hydrogen (secondary N) is 2. The number of carboxylic acids is 1. The Labute approximate surface area is 175 Å². The minimum Gasteiger partial charge on any atom is -0.481 e. The van der Waals surface area contributed by atoms with Crippen LogP contribution in [0.15, 0.2) is 65.5 Å². The van der Waals surface area contributed by atoms with Gasteiger partial charge in [-0.05, 0) is 17.7 Å². The van der Waals surface area contributed by atoms with E-state index in [2.05, 4.69) is 10.0 Å². The number of carbonyl (C=O) groups excluding carboxylic acids is 1. The van der Waals surface area contributed by atoms with Crippen molar-refractivity contribution in [3.05, 3.63) is 71.1 Å². The average Bonchev–Trinajstić information content (AvgIpc) is 3.14. The SMILES string of the molecule is O=C(O)CCN1CCC(=O)C23NCC=C2C(NS(=O)(=O)Cc2ccccc2)=CC=C13. The van der Waals surface area contributed by atoms with Crippen LogP contribution in [0.2, 0.25) is 0 Å². The number of likely N-dealkylation sites (tertiary alicyclic amines) is 1. The maximum Gasteiger partial charge on any atom is 0.305 e. The van der Waals surface area contributed by atoms with Crippen LogP contribution in [0.25, 0.3) is 0 Å². The Balaban J connectivity index is 1.64. The van der Waals surface area contributed by atoms with E-state index in [1.54, 1.807) is 36.4 Å². The lowest BCUT2D eigenvalue weighted by Gasteiger charge is -2.46. The van der Waals surface area contributed by atoms with E-state index in [9.17, 15) is 18.0 Å². The fourth-order valence-corrected chi connectivity index (χ4v) is 5.52. The summed E-state index contributed by atoms with van der Waals surface area (Å²) in [6.07, 6.45) is 5.41. The normalized spacial score (nSPS) is 23.1. The van der Waals surface area contributed by atoms with Crippen molar-refractivity contribution in [1.29, 1.82) is 0 Å². The van der Waals surface area contributed by atoms with Crippen molar-refractivity contribution in [1.82, 2.24) is 14.9 Å². The van der Waals surface area contributed by atoms with E-state index in [-0.39, 0.29) is 30.9 Å². The Kier molecular flexibility index (Phi) is 5.25. The van der Waals surface area contributed by atoms with Gasteiger partial charge >= 0.3 is 5.97 Å². The van der Waals surface area contributed by atoms with Gasteiger partial charge in [-0.15, -0.1) is 0 Å². The van der Waals surface area contributed by atoms with Crippen molar-refractivity contribution in [3.63, 3.8) is 0 Å². The second-order valence-electron chi connectivity index (χ2n) is 7.53. The van der Waals surface area contributed by atoms with Crippen LogP contribution < -0.4 is 10.0 Å². The number of hydrogen-bond donors (Lipinski definition) is 3. The van der Waals surface area contributed by atoms with E-state index in [1.807, 2.05) is 17.0 Å². The van der Waals surface area contributed by atoms with Crippen LogP contribution in [0.3, 0.4) is 0 Å². The molecular formula is C21H23N3O5S. The maximum absolute atomic E-state index is 13.0. The zero-order valence-electron chi connectivity index (χ0n) is 16.3. The van der Waals surface area contributed by atoms with Crippen LogP contribution >= 0.6 is 0 Å². The number of sulfonamides is 1. The van der Waals surface area contributed by atoms with Gasteiger partial charge in [-0.3, -0.25) is 19.6 Å². The lowest BCUT2D eigenvalue weighted by Crippen LogP contribution is -2.61. The molecule has 1 fully saturated rings. The molecule has 30 heavy (non-hydrogen) atoms. The van der Waals surface area contributed by atoms with Gasteiger partial charge in [0, 0.05) is 37.3 Å². The predicted molar refractivity (Wildman–Crippen MR) is 111 cm³/mol. The van der Waals surface area contributed by atoms with Gasteiger partial charge in [0.2, 0.25) is 10.0 Å². The van der Waals surface area contributed by atoms with E-state index < -0.39 is 21.5 Å². The van der Waals surface area contributed by atoms with Gasteiger partial charge in [0.15, 0.2) is 5.78 Å². The third kappa shape index (κ3) is 3.66. The summed E-state index contributed by atoms with van der Waals surface area (Å²) >= 11 is 0. The molecule has 1 aliphatic carbocycles. The van der Waals surface area contributed by atoms with Crippen LogP contribution in [-0.2, 0) is 25.4 Å². The lowest BCUT2D eigenvalue weighted by molar-refractivity contribution is -0.137. The third-order valence-electron chi connectivity index (χ3n) is 5.59. The van der Waals surface area contributed by atoms with Crippen LogP contribution in [0.5, 0.6) is 0 Å². The monoisotopic (exact) mass is 429 g/mol. The van der Waals surface area contributed by atoms with Gasteiger partial charge in [0.05, 0.1) is 17.9 Å². The molecule has 0 aromatic heterocycles. The minimum absolute atomic E-state index is 0.0407. The summed E-state index contributed by atoms with van der Waals surface area (Å²) in [5.74, 6) is -1.12. The molecule has 3 aliphatic rings. The number of rotatable bonds is 7. The third-order valence-corrected chi connectivity index (χ3v) is 6.83. The summed E-state index contributed by atoms with van der Waals surface area (Å²) in [6, 6.07) is 8.88. The van der Waals surface area contributed by atoms with Crippen molar-refractivity contribution < 1.29 is 23.1 Å². The molecule has 1 aromatic rings. The van der Waals surface area contributed by atoms with Crippen LogP contribution in [0, 0.1) is 0 Å². The van der Waals surface area contributed by atoms with Gasteiger partial charge in [-0.1, -0.05) is 36.4 Å². The van der Waals surface area contributed by atoms with Crippen molar-refractivity contribution in [2.24, 2.45) is 0 Å². The molecule has 2 heterocycles. The number of nitrogens with zero attached hydrogens (tertiary/aromatic N) is 1. The van der Waals surface area contributed by atoms with Gasteiger partial charge in [0.25, 0.3) is 0 Å². The van der Waals surface area contributed by atoms with Gasteiger partial charge in [-0.2, -0.15) is 0 Å². The topological polar surface area (TPSA) is 116 Å². The molecule has 0 saturated carbocycles. The number of hydrogen-bond acceptors (Lipinski definition) is 6. The molecule has 3 N–H and O–H groups in total. The molecule has 1 atom stereocenters. The summed E-state index contributed by atoms with van der Waals surface area (Å²) in [5, 5.41) is 12.3. The summed E-state index contributed by atoms with van der Waals surface area (Å²) in [6.45, 7) is 1.15. The molecular weight excluding hydrogens is 406 g/mol. The molecule has 9 heteroatoms. The summed E-state index contributed by atoms with van der Waals surface area (Å²) in [5.41, 5.74) is 1.17. The Bertz CT molecular complexity index is 1080. The lowest BCUT2D eigenvalue weighted by atomic mass is 9.75. The molecule has 1 spiro atoms. The van der Waals surface area contributed by atoms with Crippen molar-refractivity contribution in [2.75, 3.05) is 19.6 Å². The number of aliphatic carboxylic acids is 1. The molecule has 4 rings (SSSR count). The fourth-order valence-electron chi connectivity index (χ4n) is 4.30. The molecule has 2 aliphatic heterocycles. The highest BCUT2D eigenvalue weighted by Crippen LogP contribution is 2.42. The largest absolute Gasteiger partial charge is 0.481 e. The highest BCUT2D eigenvalue weighted by atomic mass is 32.2. The first-order valence-electron chi connectivity index (χ1n) is 9.75. The molecule has 1 aromatic carbocycles. The highest BCUT2D eigenvalue weighted by molar-refractivity contribution is 7.88. The molecule has 1 saturated heterocycles. The number of carboxylic acid groups (broad SMARTS) is 1. The summed E-state index contributed by atoms with van der Waals surface area (Å²) < 4.78 is 28.2. The number of Topliss-reactive ketones (excluding diaryl/α,β-unsaturated/α-hetero) is 1. The number of ketones is 1. The fraction of sp³-hybridized carbons (Fsp3) is 0.333. The van der Waals surface area contributed by atoms with E-state index in [4.69, 9.17) is 5.11 Å². The standard InChI is InChI=1S/C21H23N3O5S/c25-19-9-12-24(13-10-20(26)27)18-7-6-17(16-8-11-22-21(16,18)19)23-30(28,29)14-15-4-2-1-3-5-15/h1-8,22-23H,9-14H2,(H,26,27). The number of piperidine rings is 1. The molecule has 0 amide bonds. The average molecular weight is 429 g/mol. The van der Waals surface area contributed by atoms with Gasteiger partial charge in [0.1, 0.15) is 5.54 Å². The van der Waals surface area contributed by atoms with Crippen LogP contribution in [0.1, 0.15) is 18.4 Å². The zero-order chi connectivity index (χ0) is 21.4. The van der Waals surface area contributed by atoms with Crippen molar-refractivity contribution in [3.8, 4) is 0 Å². The van der Waals surface area contributed by atoms with Gasteiger partial charge in [-0.25, -0.2) is 8.42 Å². The Morgan fingerprint density at radius 1 is 1.23 bits per heavy atom. The number of benzene rings is 1. The number of carbonyl (C=O) groups is 2. The Morgan fingerprint density at radius 3 is 2.73 bits per heavy atom. The zero-order valence-corrected chi connectivity index (χ0v) is 17.1. The number of allylic oxidation sites excluding steroid dienone is 2. The van der Waals surface area contributed by atoms with E-state index in [0.717, 1.165) is 0 Å². The molecule has 158 valence electrons. The predicted octanol–water partition coefficient (Wildman–Crippen LogP) is 0.905.